The highest BCUT2D eigenvalue weighted by Gasteiger charge is 2.23. The van der Waals surface area contributed by atoms with Gasteiger partial charge in [-0.1, -0.05) is 0 Å². The lowest BCUT2D eigenvalue weighted by Crippen LogP contribution is -2.41. The maximum absolute atomic E-state index is 11.7. The predicted molar refractivity (Wildman–Crippen MR) is 72.9 cm³/mol. The van der Waals surface area contributed by atoms with E-state index in [9.17, 15) is 4.79 Å². The molecule has 0 radical (unpaired) electrons. The molecule has 2 rings (SSSR count). The summed E-state index contributed by atoms with van der Waals surface area (Å²) in [6.07, 6.45) is 4.05. The molecule has 2 heterocycles. The van der Waals surface area contributed by atoms with E-state index < -0.39 is 0 Å². The zero-order valence-corrected chi connectivity index (χ0v) is 12.1. The third-order valence-electron chi connectivity index (χ3n) is 3.93. The number of likely N-dealkylation sites (tertiary alicyclic amines) is 1. The number of aryl methyl sites for hydroxylation is 2. The van der Waals surface area contributed by atoms with Crippen LogP contribution in [-0.2, 0) is 16.1 Å². The van der Waals surface area contributed by atoms with Gasteiger partial charge in [-0.15, -0.1) is 0 Å². The molecular weight excluding hydrogens is 242 g/mol. The molecule has 1 saturated heterocycles. The van der Waals surface area contributed by atoms with E-state index in [-0.39, 0.29) is 12.5 Å². The highest BCUT2D eigenvalue weighted by molar-refractivity contribution is 5.77. The molecule has 0 aromatic carbocycles. The maximum Gasteiger partial charge on any atom is 0.248 e. The Morgan fingerprint density at radius 2 is 2.11 bits per heavy atom. The van der Waals surface area contributed by atoms with E-state index in [4.69, 9.17) is 4.74 Å². The Morgan fingerprint density at radius 1 is 1.42 bits per heavy atom. The number of ether oxygens (including phenoxy) is 1. The van der Waals surface area contributed by atoms with Gasteiger partial charge in [0.15, 0.2) is 0 Å². The Bertz CT molecular complexity index is 414. The fraction of sp³-hybridized carbons (Fsp3) is 0.714. The van der Waals surface area contributed by atoms with Gasteiger partial charge in [-0.3, -0.25) is 4.79 Å². The Labute approximate surface area is 114 Å². The molecule has 0 atom stereocenters. The molecule has 1 aliphatic heterocycles. The lowest BCUT2D eigenvalue weighted by atomic mass is 9.96. The molecule has 1 fully saturated rings. The van der Waals surface area contributed by atoms with Crippen molar-refractivity contribution in [2.45, 2.75) is 33.2 Å². The second-order valence-electron chi connectivity index (χ2n) is 5.31. The summed E-state index contributed by atoms with van der Waals surface area (Å²) in [5.41, 5.74) is 1.22. The van der Waals surface area contributed by atoms with Crippen molar-refractivity contribution in [1.82, 2.24) is 14.5 Å². The first kappa shape index (κ1) is 14.1. The van der Waals surface area contributed by atoms with Gasteiger partial charge in [0.05, 0.1) is 0 Å². The van der Waals surface area contributed by atoms with E-state index in [1.54, 1.807) is 7.11 Å². The monoisotopic (exact) mass is 265 g/mol. The summed E-state index contributed by atoms with van der Waals surface area (Å²) < 4.78 is 7.17. The molecule has 0 N–H and O–H groups in total. The molecule has 1 aromatic rings. The van der Waals surface area contributed by atoms with Crippen molar-refractivity contribution in [3.05, 3.63) is 17.7 Å². The van der Waals surface area contributed by atoms with E-state index in [2.05, 4.69) is 16.5 Å². The van der Waals surface area contributed by atoms with Crippen molar-refractivity contribution < 1.29 is 9.53 Å². The Balaban J connectivity index is 1.85. The van der Waals surface area contributed by atoms with Crippen molar-refractivity contribution in [3.63, 3.8) is 0 Å². The van der Waals surface area contributed by atoms with Gasteiger partial charge in [0.25, 0.3) is 0 Å². The van der Waals surface area contributed by atoms with Crippen LogP contribution in [-0.4, -0.2) is 47.2 Å². The molecule has 0 bridgehead atoms. The SMILES string of the molecule is COCC(=O)N1CCC(Cn2c(C)cnc2C)CC1. The van der Waals surface area contributed by atoms with Gasteiger partial charge >= 0.3 is 0 Å². The minimum Gasteiger partial charge on any atom is -0.375 e. The van der Waals surface area contributed by atoms with Crippen LogP contribution in [0.15, 0.2) is 6.20 Å². The number of hydrogen-bond donors (Lipinski definition) is 0. The summed E-state index contributed by atoms with van der Waals surface area (Å²) >= 11 is 0. The molecule has 19 heavy (non-hydrogen) atoms. The fourth-order valence-corrected chi connectivity index (χ4v) is 2.70. The number of nitrogens with zero attached hydrogens (tertiary/aromatic N) is 3. The van der Waals surface area contributed by atoms with Crippen molar-refractivity contribution in [2.24, 2.45) is 5.92 Å². The topological polar surface area (TPSA) is 47.4 Å². The molecular formula is C14H23N3O2. The second kappa shape index (κ2) is 6.19. The van der Waals surface area contributed by atoms with Gasteiger partial charge in [0, 0.05) is 38.6 Å². The molecule has 1 aliphatic rings. The molecule has 1 amide bonds. The van der Waals surface area contributed by atoms with Crippen LogP contribution in [0.2, 0.25) is 0 Å². The first-order chi connectivity index (χ1) is 9.11. The molecule has 0 saturated carbocycles. The largest absolute Gasteiger partial charge is 0.375 e. The van der Waals surface area contributed by atoms with Gasteiger partial charge in [0.1, 0.15) is 12.4 Å². The Kier molecular flexibility index (Phi) is 4.58. The zero-order chi connectivity index (χ0) is 13.8. The van der Waals surface area contributed by atoms with Crippen LogP contribution >= 0.6 is 0 Å². The number of piperidine rings is 1. The molecule has 5 nitrogen and oxygen atoms in total. The van der Waals surface area contributed by atoms with Crippen LogP contribution < -0.4 is 0 Å². The van der Waals surface area contributed by atoms with Crippen molar-refractivity contribution in [2.75, 3.05) is 26.8 Å². The number of imidazole rings is 1. The summed E-state index contributed by atoms with van der Waals surface area (Å²) in [5.74, 6) is 1.82. The van der Waals surface area contributed by atoms with Crippen LogP contribution in [0.5, 0.6) is 0 Å². The maximum atomic E-state index is 11.7. The van der Waals surface area contributed by atoms with Crippen LogP contribution in [0, 0.1) is 19.8 Å². The molecule has 1 aromatic heterocycles. The fourth-order valence-electron chi connectivity index (χ4n) is 2.70. The number of amides is 1. The van der Waals surface area contributed by atoms with Gasteiger partial charge in [-0.25, -0.2) is 4.98 Å². The van der Waals surface area contributed by atoms with Crippen LogP contribution in [0.3, 0.4) is 0 Å². The first-order valence-corrected chi connectivity index (χ1v) is 6.87. The Hall–Kier alpha value is -1.36. The third kappa shape index (κ3) is 3.35. The molecule has 0 spiro atoms. The minimum atomic E-state index is 0.107. The number of rotatable bonds is 4. The number of carbonyl (C=O) groups is 1. The minimum absolute atomic E-state index is 0.107. The lowest BCUT2D eigenvalue weighted by molar-refractivity contribution is -0.136. The van der Waals surface area contributed by atoms with Gasteiger partial charge in [-0.2, -0.15) is 0 Å². The van der Waals surface area contributed by atoms with Crippen molar-refractivity contribution in [3.8, 4) is 0 Å². The van der Waals surface area contributed by atoms with E-state index in [0.29, 0.717) is 5.92 Å². The average Bonchev–Trinajstić information content (AvgIpc) is 2.72. The van der Waals surface area contributed by atoms with Crippen molar-refractivity contribution in [1.29, 1.82) is 0 Å². The molecule has 0 aliphatic carbocycles. The zero-order valence-electron chi connectivity index (χ0n) is 12.1. The van der Waals surface area contributed by atoms with E-state index in [1.807, 2.05) is 18.0 Å². The summed E-state index contributed by atoms with van der Waals surface area (Å²) in [6.45, 7) is 7.05. The number of methoxy groups -OCH3 is 1. The number of aromatic nitrogens is 2. The van der Waals surface area contributed by atoms with Crippen LogP contribution in [0.4, 0.5) is 0 Å². The van der Waals surface area contributed by atoms with Crippen LogP contribution in [0.25, 0.3) is 0 Å². The smallest absolute Gasteiger partial charge is 0.248 e. The summed E-state index contributed by atoms with van der Waals surface area (Å²) in [6, 6.07) is 0. The quantitative estimate of drug-likeness (QED) is 0.826. The van der Waals surface area contributed by atoms with Crippen LogP contribution in [0.1, 0.15) is 24.4 Å². The summed E-state index contributed by atoms with van der Waals surface area (Å²) in [4.78, 5) is 18.0. The third-order valence-corrected chi connectivity index (χ3v) is 3.93. The summed E-state index contributed by atoms with van der Waals surface area (Å²) in [7, 11) is 1.56. The first-order valence-electron chi connectivity index (χ1n) is 6.87. The highest BCUT2D eigenvalue weighted by Crippen LogP contribution is 2.20. The number of hydrogen-bond acceptors (Lipinski definition) is 3. The lowest BCUT2D eigenvalue weighted by Gasteiger charge is -2.32. The average molecular weight is 265 g/mol. The predicted octanol–water partition coefficient (Wildman–Crippen LogP) is 1.38. The van der Waals surface area contributed by atoms with E-state index >= 15 is 0 Å². The Morgan fingerprint density at radius 3 is 2.63 bits per heavy atom. The number of carbonyl (C=O) groups excluding carboxylic acids is 1. The van der Waals surface area contributed by atoms with Crippen molar-refractivity contribution >= 4 is 5.91 Å². The highest BCUT2D eigenvalue weighted by atomic mass is 16.5. The second-order valence-corrected chi connectivity index (χ2v) is 5.31. The molecule has 106 valence electrons. The van der Waals surface area contributed by atoms with E-state index in [0.717, 1.165) is 38.3 Å². The van der Waals surface area contributed by atoms with Gasteiger partial charge in [0.2, 0.25) is 5.91 Å². The van der Waals surface area contributed by atoms with Gasteiger partial charge < -0.3 is 14.2 Å². The molecule has 0 unspecified atom stereocenters. The standard InChI is InChI=1S/C14H23N3O2/c1-11-8-15-12(2)17(11)9-13-4-6-16(7-5-13)14(18)10-19-3/h8,13H,4-7,9-10H2,1-3H3. The van der Waals surface area contributed by atoms with Gasteiger partial charge in [-0.05, 0) is 32.6 Å². The summed E-state index contributed by atoms with van der Waals surface area (Å²) in [5, 5.41) is 0. The normalized spacial score (nSPS) is 16.9. The van der Waals surface area contributed by atoms with E-state index in [1.165, 1.54) is 5.69 Å². The molecule has 5 heteroatoms.